The Morgan fingerprint density at radius 3 is 2.33 bits per heavy atom. The van der Waals surface area contributed by atoms with Crippen molar-refractivity contribution in [1.82, 2.24) is 9.97 Å². The van der Waals surface area contributed by atoms with Gasteiger partial charge in [-0.1, -0.05) is 0 Å². The molecule has 2 N–H and O–H groups in total. The summed E-state index contributed by atoms with van der Waals surface area (Å²) in [6.07, 6.45) is 1.38. The summed E-state index contributed by atoms with van der Waals surface area (Å²) in [7, 11) is 0. The van der Waals surface area contributed by atoms with Crippen molar-refractivity contribution >= 4 is 15.9 Å². The third-order valence-electron chi connectivity index (χ3n) is 3.98. The van der Waals surface area contributed by atoms with Crippen LogP contribution in [0, 0.1) is 25.5 Å². The Labute approximate surface area is 161 Å². The van der Waals surface area contributed by atoms with Crippen LogP contribution in [0.4, 0.5) is 8.78 Å². The Morgan fingerprint density at radius 1 is 1.04 bits per heavy atom. The molecule has 2 aromatic heterocycles. The van der Waals surface area contributed by atoms with Crippen LogP contribution in [0.1, 0.15) is 17.0 Å². The molecule has 27 heavy (non-hydrogen) atoms. The van der Waals surface area contributed by atoms with Gasteiger partial charge in [0.1, 0.15) is 18.2 Å². The van der Waals surface area contributed by atoms with Gasteiger partial charge in [0.15, 0.2) is 11.3 Å². The lowest BCUT2D eigenvalue weighted by molar-refractivity contribution is 0.292. The molecule has 2 heterocycles. The maximum atomic E-state index is 13.2. The molecule has 3 rings (SSSR count). The smallest absolute Gasteiger partial charge is 0.204 e. The maximum Gasteiger partial charge on any atom is 0.204 e. The van der Waals surface area contributed by atoms with Gasteiger partial charge in [-0.05, 0) is 47.5 Å². The van der Waals surface area contributed by atoms with Gasteiger partial charge in [0, 0.05) is 29.7 Å². The lowest BCUT2D eigenvalue weighted by Gasteiger charge is -2.10. The zero-order chi connectivity index (χ0) is 19.7. The Kier molecular flexibility index (Phi) is 5.27. The molecule has 0 spiro atoms. The summed E-state index contributed by atoms with van der Waals surface area (Å²) >= 11 is 3.22. The molecule has 0 saturated heterocycles. The number of hydrogen-bond donors (Lipinski definition) is 2. The summed E-state index contributed by atoms with van der Waals surface area (Å²) < 4.78 is 32.2. The van der Waals surface area contributed by atoms with E-state index < -0.39 is 17.1 Å². The van der Waals surface area contributed by atoms with Crippen LogP contribution in [0.3, 0.4) is 0 Å². The topological polar surface area (TPSA) is 75.0 Å². The minimum atomic E-state index is -0.711. The highest BCUT2D eigenvalue weighted by Crippen LogP contribution is 2.20. The fraction of sp³-hybridized carbons (Fsp3) is 0.158. The van der Waals surface area contributed by atoms with E-state index in [1.165, 1.54) is 12.3 Å². The quantitative estimate of drug-likeness (QED) is 0.649. The summed E-state index contributed by atoms with van der Waals surface area (Å²) in [5.74, 6) is -1.30. The summed E-state index contributed by atoms with van der Waals surface area (Å²) in [5.41, 5.74) is 1.25. The molecular formula is C19H15BrF2N2O3. The molecular weight excluding hydrogens is 422 g/mol. The second-order valence-corrected chi connectivity index (χ2v) is 6.83. The lowest BCUT2D eigenvalue weighted by Crippen LogP contribution is -2.17. The van der Waals surface area contributed by atoms with Gasteiger partial charge >= 0.3 is 0 Å². The van der Waals surface area contributed by atoms with Crippen molar-refractivity contribution in [1.29, 1.82) is 0 Å². The number of aryl methyl sites for hydroxylation is 2. The van der Waals surface area contributed by atoms with Crippen LogP contribution in [-0.2, 0) is 6.61 Å². The first-order valence-corrected chi connectivity index (χ1v) is 8.75. The molecule has 0 atom stereocenters. The summed E-state index contributed by atoms with van der Waals surface area (Å²) in [6.45, 7) is 3.33. The number of nitrogens with one attached hydrogen (secondary N) is 2. The Balaban J connectivity index is 1.90. The average molecular weight is 437 g/mol. The molecule has 0 radical (unpaired) electrons. The standard InChI is InChI=1S/C19H15BrF2N2O3/c1-9-17(19(26)18(20)10(2)24-9)14-7-23-16(6-15(14)25)27-8-11-3-12(21)5-13(22)4-11/h3-7H,8H2,1-2H3,(H,23,25)(H,24,26). The zero-order valence-electron chi connectivity index (χ0n) is 14.5. The van der Waals surface area contributed by atoms with Gasteiger partial charge in [-0.25, -0.2) is 8.78 Å². The molecule has 0 amide bonds. The van der Waals surface area contributed by atoms with Gasteiger partial charge in [-0.3, -0.25) is 9.59 Å². The molecule has 1 aromatic carbocycles. The SMILES string of the molecule is Cc1[nH]c(C)c(-c2c[nH]c(OCc3cc(F)cc(F)c3)cc2=O)c(=O)c1Br. The summed E-state index contributed by atoms with van der Waals surface area (Å²) in [5, 5.41) is 0. The van der Waals surface area contributed by atoms with E-state index in [4.69, 9.17) is 4.74 Å². The van der Waals surface area contributed by atoms with Crippen molar-refractivity contribution in [3.8, 4) is 17.0 Å². The van der Waals surface area contributed by atoms with E-state index in [0.29, 0.717) is 15.9 Å². The largest absolute Gasteiger partial charge is 0.474 e. The average Bonchev–Trinajstić information content (AvgIpc) is 2.59. The fourth-order valence-corrected chi connectivity index (χ4v) is 3.06. The molecule has 0 saturated carbocycles. The minimum absolute atomic E-state index is 0.119. The zero-order valence-corrected chi connectivity index (χ0v) is 16.0. The van der Waals surface area contributed by atoms with Gasteiger partial charge < -0.3 is 14.7 Å². The number of halogens is 3. The van der Waals surface area contributed by atoms with Crippen molar-refractivity contribution < 1.29 is 13.5 Å². The second kappa shape index (κ2) is 7.48. The predicted molar refractivity (Wildman–Crippen MR) is 101 cm³/mol. The summed E-state index contributed by atoms with van der Waals surface area (Å²) in [6, 6.07) is 4.24. The number of aromatic nitrogens is 2. The number of ether oxygens (including phenoxy) is 1. The van der Waals surface area contributed by atoms with Crippen LogP contribution in [0.25, 0.3) is 11.1 Å². The van der Waals surface area contributed by atoms with E-state index in [1.807, 2.05) is 0 Å². The third-order valence-corrected chi connectivity index (χ3v) is 4.93. The van der Waals surface area contributed by atoms with E-state index in [2.05, 4.69) is 25.9 Å². The number of benzene rings is 1. The van der Waals surface area contributed by atoms with E-state index in [0.717, 1.165) is 18.2 Å². The minimum Gasteiger partial charge on any atom is -0.474 e. The number of H-pyrrole nitrogens is 2. The van der Waals surface area contributed by atoms with Crippen molar-refractivity contribution in [2.45, 2.75) is 20.5 Å². The van der Waals surface area contributed by atoms with Crippen molar-refractivity contribution in [3.63, 3.8) is 0 Å². The summed E-state index contributed by atoms with van der Waals surface area (Å²) in [4.78, 5) is 30.8. The molecule has 3 aromatic rings. The molecule has 140 valence electrons. The Bertz CT molecular complexity index is 1120. The highest BCUT2D eigenvalue weighted by Gasteiger charge is 2.16. The van der Waals surface area contributed by atoms with Gasteiger partial charge in [0.25, 0.3) is 0 Å². The van der Waals surface area contributed by atoms with Crippen LogP contribution in [0.15, 0.2) is 44.5 Å². The van der Waals surface area contributed by atoms with E-state index in [-0.39, 0.29) is 34.6 Å². The highest BCUT2D eigenvalue weighted by atomic mass is 79.9. The third kappa shape index (κ3) is 4.00. The predicted octanol–water partition coefficient (Wildman–Crippen LogP) is 3.97. The number of aromatic amines is 2. The second-order valence-electron chi connectivity index (χ2n) is 6.03. The van der Waals surface area contributed by atoms with Crippen molar-refractivity contribution in [2.24, 2.45) is 0 Å². The maximum absolute atomic E-state index is 13.2. The van der Waals surface area contributed by atoms with Crippen LogP contribution >= 0.6 is 15.9 Å². The van der Waals surface area contributed by atoms with Crippen LogP contribution < -0.4 is 15.6 Å². The van der Waals surface area contributed by atoms with E-state index >= 15 is 0 Å². The van der Waals surface area contributed by atoms with Crippen LogP contribution in [0.2, 0.25) is 0 Å². The molecule has 0 bridgehead atoms. The highest BCUT2D eigenvalue weighted by molar-refractivity contribution is 9.10. The van der Waals surface area contributed by atoms with Crippen LogP contribution in [0.5, 0.6) is 5.88 Å². The molecule has 0 fully saturated rings. The lowest BCUT2D eigenvalue weighted by atomic mass is 10.1. The van der Waals surface area contributed by atoms with E-state index in [1.54, 1.807) is 13.8 Å². The first-order chi connectivity index (χ1) is 12.8. The molecule has 0 aliphatic carbocycles. The number of hydrogen-bond acceptors (Lipinski definition) is 3. The number of pyridine rings is 2. The molecule has 0 aliphatic rings. The monoisotopic (exact) mass is 436 g/mol. The fourth-order valence-electron chi connectivity index (χ4n) is 2.76. The Morgan fingerprint density at radius 2 is 1.70 bits per heavy atom. The van der Waals surface area contributed by atoms with Gasteiger partial charge in [0.2, 0.25) is 5.43 Å². The van der Waals surface area contributed by atoms with Crippen LogP contribution in [-0.4, -0.2) is 9.97 Å². The van der Waals surface area contributed by atoms with Crippen molar-refractivity contribution in [3.05, 3.63) is 84.0 Å². The van der Waals surface area contributed by atoms with Gasteiger partial charge in [-0.2, -0.15) is 0 Å². The molecule has 8 heteroatoms. The van der Waals surface area contributed by atoms with Gasteiger partial charge in [0.05, 0.1) is 15.6 Å². The van der Waals surface area contributed by atoms with Gasteiger partial charge in [-0.15, -0.1) is 0 Å². The van der Waals surface area contributed by atoms with Crippen molar-refractivity contribution in [2.75, 3.05) is 0 Å². The normalized spacial score (nSPS) is 10.9. The van der Waals surface area contributed by atoms with E-state index in [9.17, 15) is 18.4 Å². The molecule has 5 nitrogen and oxygen atoms in total. The first kappa shape index (κ1) is 19.0. The Hall–Kier alpha value is -2.74. The first-order valence-electron chi connectivity index (χ1n) is 7.96. The molecule has 0 unspecified atom stereocenters. The number of rotatable bonds is 4. The molecule has 0 aliphatic heterocycles.